The van der Waals surface area contributed by atoms with E-state index in [4.69, 9.17) is 10.5 Å². The molecule has 1 aromatic heterocycles. The third-order valence-corrected chi connectivity index (χ3v) is 6.04. The Morgan fingerprint density at radius 3 is 2.58 bits per heavy atom. The number of para-hydroxylation sites is 2. The lowest BCUT2D eigenvalue weighted by Crippen LogP contribution is -2.34. The molecule has 0 saturated heterocycles. The molecule has 1 atom stereocenters. The van der Waals surface area contributed by atoms with Gasteiger partial charge in [0.25, 0.3) is 0 Å². The summed E-state index contributed by atoms with van der Waals surface area (Å²) in [7, 11) is -0.494. The lowest BCUT2D eigenvalue weighted by Gasteiger charge is -2.20. The van der Waals surface area contributed by atoms with Gasteiger partial charge in [-0.25, -0.2) is 17.4 Å². The van der Waals surface area contributed by atoms with Gasteiger partial charge in [-0.15, -0.1) is 12.4 Å². The number of hydrogen-bond donors (Lipinski definition) is 1. The number of hydrogen-bond acceptors (Lipinski definition) is 5. The summed E-state index contributed by atoms with van der Waals surface area (Å²) >= 11 is 0. The van der Waals surface area contributed by atoms with Crippen LogP contribution in [0.5, 0.6) is 5.75 Å². The van der Waals surface area contributed by atoms with Crippen molar-refractivity contribution in [1.29, 1.82) is 0 Å². The summed E-state index contributed by atoms with van der Waals surface area (Å²) in [5.41, 5.74) is 6.68. The van der Waals surface area contributed by atoms with Gasteiger partial charge in [0.05, 0.1) is 19.5 Å². The zero-order valence-electron chi connectivity index (χ0n) is 15.5. The molecule has 1 aromatic carbocycles. The van der Waals surface area contributed by atoms with Crippen LogP contribution in [0.4, 0.5) is 0 Å². The molecule has 9 heteroatoms. The first-order chi connectivity index (χ1) is 11.8. The van der Waals surface area contributed by atoms with Gasteiger partial charge in [0.15, 0.2) is 0 Å². The van der Waals surface area contributed by atoms with E-state index in [1.54, 1.807) is 20.2 Å². The van der Waals surface area contributed by atoms with Gasteiger partial charge < -0.3 is 10.5 Å². The van der Waals surface area contributed by atoms with Gasteiger partial charge in [-0.2, -0.15) is 5.10 Å². The number of nitrogens with zero attached hydrogens (tertiary/aromatic N) is 3. The number of nitrogens with two attached hydrogens (primary N) is 1. The second-order valence-electron chi connectivity index (χ2n) is 6.32. The lowest BCUT2D eigenvalue weighted by atomic mass is 10.0. The average Bonchev–Trinajstić information content (AvgIpc) is 3.09. The first-order valence-corrected chi connectivity index (χ1v) is 9.61. The summed E-state index contributed by atoms with van der Waals surface area (Å²) in [6, 6.07) is 7.26. The van der Waals surface area contributed by atoms with Gasteiger partial charge in [-0.1, -0.05) is 26.0 Å². The minimum absolute atomic E-state index is 0. The molecular weight excluding hydrogens is 376 g/mol. The molecule has 0 saturated carbocycles. The number of aromatic nitrogens is 2. The van der Waals surface area contributed by atoms with Crippen LogP contribution in [0.15, 0.2) is 41.6 Å². The fourth-order valence-electron chi connectivity index (χ4n) is 2.35. The van der Waals surface area contributed by atoms with Crippen molar-refractivity contribution in [3.8, 4) is 11.4 Å². The second kappa shape index (κ2) is 9.36. The summed E-state index contributed by atoms with van der Waals surface area (Å²) in [6.07, 6.45) is 3.45. The van der Waals surface area contributed by atoms with Crippen LogP contribution in [-0.2, 0) is 10.0 Å². The van der Waals surface area contributed by atoms with Crippen molar-refractivity contribution in [2.24, 2.45) is 11.7 Å². The van der Waals surface area contributed by atoms with Gasteiger partial charge in [0.2, 0.25) is 10.0 Å². The summed E-state index contributed by atoms with van der Waals surface area (Å²) in [5.74, 6) is 0.926. The Morgan fingerprint density at radius 2 is 1.96 bits per heavy atom. The fourth-order valence-corrected chi connectivity index (χ4v) is 3.47. The van der Waals surface area contributed by atoms with E-state index in [9.17, 15) is 8.42 Å². The molecule has 2 N–H and O–H groups in total. The van der Waals surface area contributed by atoms with E-state index in [1.165, 1.54) is 21.4 Å². The minimum Gasteiger partial charge on any atom is -0.494 e. The summed E-state index contributed by atoms with van der Waals surface area (Å²) in [6.45, 7) is 4.41. The first kappa shape index (κ1) is 22.4. The van der Waals surface area contributed by atoms with Gasteiger partial charge in [-0.05, 0) is 24.5 Å². The highest BCUT2D eigenvalue weighted by molar-refractivity contribution is 7.89. The maximum atomic E-state index is 12.7. The zero-order valence-corrected chi connectivity index (χ0v) is 17.1. The molecule has 1 heterocycles. The van der Waals surface area contributed by atoms with Crippen molar-refractivity contribution in [3.63, 3.8) is 0 Å². The fraction of sp³-hybridized carbons (Fsp3) is 0.471. The summed E-state index contributed by atoms with van der Waals surface area (Å²) < 4.78 is 33.5. The van der Waals surface area contributed by atoms with E-state index in [0.717, 1.165) is 0 Å². The Morgan fingerprint density at radius 1 is 1.31 bits per heavy atom. The van der Waals surface area contributed by atoms with Crippen molar-refractivity contribution in [3.05, 3.63) is 36.7 Å². The van der Waals surface area contributed by atoms with Crippen molar-refractivity contribution < 1.29 is 13.2 Å². The molecule has 0 bridgehead atoms. The van der Waals surface area contributed by atoms with Gasteiger partial charge >= 0.3 is 0 Å². The highest BCUT2D eigenvalue weighted by Gasteiger charge is 2.24. The van der Waals surface area contributed by atoms with Crippen LogP contribution in [0.25, 0.3) is 5.69 Å². The van der Waals surface area contributed by atoms with E-state index in [1.807, 2.05) is 32.0 Å². The number of sulfonamides is 1. The van der Waals surface area contributed by atoms with Crippen molar-refractivity contribution >= 4 is 22.4 Å². The molecule has 0 radical (unpaired) electrons. The topological polar surface area (TPSA) is 90.5 Å². The maximum Gasteiger partial charge on any atom is 0.245 e. The Kier molecular flexibility index (Phi) is 8.08. The molecule has 0 fully saturated rings. The van der Waals surface area contributed by atoms with E-state index < -0.39 is 10.0 Å². The first-order valence-electron chi connectivity index (χ1n) is 8.17. The molecule has 7 nitrogen and oxygen atoms in total. The Labute approximate surface area is 161 Å². The van der Waals surface area contributed by atoms with Crippen LogP contribution in [-0.4, -0.2) is 49.2 Å². The molecule has 0 aliphatic rings. The van der Waals surface area contributed by atoms with E-state index in [2.05, 4.69) is 5.10 Å². The lowest BCUT2D eigenvalue weighted by molar-refractivity contribution is 0.397. The number of benzene rings is 1. The highest BCUT2D eigenvalue weighted by atomic mass is 35.5. The van der Waals surface area contributed by atoms with Crippen LogP contribution in [0.2, 0.25) is 0 Å². The van der Waals surface area contributed by atoms with Crippen LogP contribution in [0, 0.1) is 5.92 Å². The van der Waals surface area contributed by atoms with E-state index in [-0.39, 0.29) is 23.3 Å². The number of methoxy groups -OCH3 is 1. The molecule has 146 valence electrons. The summed E-state index contributed by atoms with van der Waals surface area (Å²) in [4.78, 5) is 0.138. The molecule has 2 aromatic rings. The monoisotopic (exact) mass is 402 g/mol. The van der Waals surface area contributed by atoms with Gasteiger partial charge in [0.1, 0.15) is 16.3 Å². The van der Waals surface area contributed by atoms with Crippen LogP contribution >= 0.6 is 12.4 Å². The van der Waals surface area contributed by atoms with Crippen molar-refractivity contribution in [2.45, 2.75) is 31.2 Å². The smallest absolute Gasteiger partial charge is 0.245 e. The third-order valence-electron chi connectivity index (χ3n) is 4.23. The van der Waals surface area contributed by atoms with Crippen molar-refractivity contribution in [1.82, 2.24) is 14.1 Å². The molecule has 26 heavy (non-hydrogen) atoms. The molecule has 0 aliphatic carbocycles. The summed E-state index contributed by atoms with van der Waals surface area (Å²) in [5, 5.41) is 4.17. The van der Waals surface area contributed by atoms with Crippen LogP contribution in [0.3, 0.4) is 0 Å². The Hall–Kier alpha value is -1.61. The normalized spacial score (nSPS) is 12.9. The Balaban J connectivity index is 0.00000338. The quantitative estimate of drug-likeness (QED) is 0.731. The van der Waals surface area contributed by atoms with Crippen LogP contribution in [0.1, 0.15) is 20.3 Å². The second-order valence-corrected chi connectivity index (χ2v) is 8.36. The van der Waals surface area contributed by atoms with Gasteiger partial charge in [0, 0.05) is 19.6 Å². The van der Waals surface area contributed by atoms with Crippen LogP contribution < -0.4 is 10.5 Å². The predicted molar refractivity (Wildman–Crippen MR) is 105 cm³/mol. The van der Waals surface area contributed by atoms with E-state index in [0.29, 0.717) is 30.3 Å². The van der Waals surface area contributed by atoms with E-state index >= 15 is 0 Å². The predicted octanol–water partition coefficient (Wildman–Crippen LogP) is 2.30. The SMILES string of the molecule is COc1ccccc1-n1cc(S(=O)(=O)N(C)CCC(N)C(C)C)cn1.Cl. The molecule has 1 unspecified atom stereocenters. The molecular formula is C17H27ClN4O3S. The Bertz CT molecular complexity index is 808. The molecule has 0 amide bonds. The number of rotatable bonds is 8. The molecule has 0 spiro atoms. The van der Waals surface area contributed by atoms with Crippen molar-refractivity contribution in [2.75, 3.05) is 20.7 Å². The average molecular weight is 403 g/mol. The number of ether oxygens (including phenoxy) is 1. The standard InChI is InChI=1S/C17H26N4O3S.ClH/c1-13(2)15(18)9-10-20(3)25(22,23)14-11-19-21(12-14)16-7-5-6-8-17(16)24-4;/h5-8,11-13,15H,9-10,18H2,1-4H3;1H. The van der Waals surface area contributed by atoms with Gasteiger partial charge in [-0.3, -0.25) is 0 Å². The third kappa shape index (κ3) is 4.97. The maximum absolute atomic E-state index is 12.7. The largest absolute Gasteiger partial charge is 0.494 e. The minimum atomic E-state index is -3.61. The molecule has 0 aliphatic heterocycles. The highest BCUT2D eigenvalue weighted by Crippen LogP contribution is 2.23. The number of halogens is 1. The zero-order chi connectivity index (χ0) is 18.6. The molecule has 2 rings (SSSR count).